The van der Waals surface area contributed by atoms with E-state index >= 15 is 0 Å². The van der Waals surface area contributed by atoms with Gasteiger partial charge in [-0.1, -0.05) is 0 Å². The molecular formula is C8H18NO10P. The molecule has 1 unspecified atom stereocenters. The average Bonchev–Trinajstić information content (AvgIpc) is 2.27. The Morgan fingerprint density at radius 1 is 1.20 bits per heavy atom. The van der Waals surface area contributed by atoms with Gasteiger partial charge in [-0.25, -0.2) is 4.57 Å². The number of hydrogen-bond donors (Lipinski definition) is 8. The van der Waals surface area contributed by atoms with Crippen molar-refractivity contribution in [2.75, 3.05) is 6.61 Å². The fourth-order valence-electron chi connectivity index (χ4n) is 1.49. The Kier molecular flexibility index (Phi) is 7.73. The lowest BCUT2D eigenvalue weighted by Gasteiger charge is -2.40. The first kappa shape index (κ1) is 19.4. The minimum absolute atomic E-state index is 0.462. The van der Waals surface area contributed by atoms with Gasteiger partial charge in [0.15, 0.2) is 6.29 Å². The van der Waals surface area contributed by atoms with Crippen molar-refractivity contribution in [3.05, 3.63) is 0 Å². The third-order valence-corrected chi connectivity index (χ3v) is 2.27. The van der Waals surface area contributed by atoms with Crippen LogP contribution in [0.15, 0.2) is 0 Å². The molecule has 1 aliphatic rings. The highest BCUT2D eigenvalue weighted by atomic mass is 31.2. The molecule has 0 bridgehead atoms. The first-order valence-corrected chi connectivity index (χ1v) is 6.89. The van der Waals surface area contributed by atoms with Crippen LogP contribution in [0.4, 0.5) is 0 Å². The Morgan fingerprint density at radius 3 is 2.00 bits per heavy atom. The Hall–Kier alpha value is -0.620. The van der Waals surface area contributed by atoms with E-state index in [9.17, 15) is 20.1 Å². The second-order valence-corrected chi connectivity index (χ2v) is 4.99. The van der Waals surface area contributed by atoms with Crippen molar-refractivity contribution in [1.29, 1.82) is 0 Å². The molecule has 0 aromatic carbocycles. The number of phosphoric acid groups is 1. The molecule has 1 aliphatic heterocycles. The summed E-state index contributed by atoms with van der Waals surface area (Å²) < 4.78 is 13.7. The average molecular weight is 319 g/mol. The van der Waals surface area contributed by atoms with Crippen LogP contribution in [0.2, 0.25) is 0 Å². The Labute approximate surface area is 113 Å². The van der Waals surface area contributed by atoms with Crippen molar-refractivity contribution in [2.45, 2.75) is 37.6 Å². The molecule has 0 aliphatic carbocycles. The van der Waals surface area contributed by atoms with Gasteiger partial charge in [-0.05, 0) is 0 Å². The van der Waals surface area contributed by atoms with Gasteiger partial charge >= 0.3 is 7.82 Å². The van der Waals surface area contributed by atoms with E-state index in [4.69, 9.17) is 29.1 Å². The van der Waals surface area contributed by atoms with Gasteiger partial charge in [-0.15, -0.1) is 0 Å². The molecule has 0 radical (unpaired) electrons. The molecule has 8 N–H and O–H groups in total. The summed E-state index contributed by atoms with van der Waals surface area (Å²) in [5, 5.41) is 39.4. The molecule has 12 heteroatoms. The molecule has 1 saturated heterocycles. The van der Waals surface area contributed by atoms with Crippen LogP contribution in [-0.4, -0.2) is 78.3 Å². The van der Waals surface area contributed by atoms with E-state index in [0.717, 1.165) is 0 Å². The molecule has 20 heavy (non-hydrogen) atoms. The second-order valence-electron chi connectivity index (χ2n) is 3.97. The standard InChI is InChI=1S/C8H15NO6.H3O4P/c1-3(11)9-5-7(13)6(12)4(2-10)15-8(5)14;1-5(2,3)4/h4-8,10,12-14H,2H2,1H3,(H,9,11);(H3,1,2,3,4)/t4-,5-,6+,7-,8?;/m1./s1. The number of nitrogens with one attached hydrogen (secondary N) is 1. The lowest BCUT2D eigenvalue weighted by molar-refractivity contribution is -0.253. The van der Waals surface area contributed by atoms with Crippen LogP contribution < -0.4 is 5.32 Å². The minimum atomic E-state index is -4.64. The van der Waals surface area contributed by atoms with E-state index < -0.39 is 51.0 Å². The van der Waals surface area contributed by atoms with Crippen LogP contribution in [0.25, 0.3) is 0 Å². The molecule has 1 heterocycles. The maximum Gasteiger partial charge on any atom is 0.466 e. The molecule has 0 aromatic heterocycles. The summed E-state index contributed by atoms with van der Waals surface area (Å²) in [5.74, 6) is -0.462. The van der Waals surface area contributed by atoms with Crippen molar-refractivity contribution in [3.63, 3.8) is 0 Å². The molecule has 120 valence electrons. The molecule has 1 amide bonds. The third-order valence-electron chi connectivity index (χ3n) is 2.27. The summed E-state index contributed by atoms with van der Waals surface area (Å²) in [5.41, 5.74) is 0. The summed E-state index contributed by atoms with van der Waals surface area (Å²) >= 11 is 0. The van der Waals surface area contributed by atoms with Gasteiger partial charge in [-0.3, -0.25) is 4.79 Å². The zero-order valence-corrected chi connectivity index (χ0v) is 11.3. The monoisotopic (exact) mass is 319 g/mol. The molecule has 0 spiro atoms. The van der Waals surface area contributed by atoms with E-state index in [-0.39, 0.29) is 0 Å². The molecule has 11 nitrogen and oxygen atoms in total. The second kappa shape index (κ2) is 7.98. The molecule has 5 atom stereocenters. The van der Waals surface area contributed by atoms with Crippen LogP contribution in [0, 0.1) is 0 Å². The summed E-state index contributed by atoms with van der Waals surface area (Å²) in [6, 6.07) is -1.10. The highest BCUT2D eigenvalue weighted by Crippen LogP contribution is 2.25. The Morgan fingerprint density at radius 2 is 1.65 bits per heavy atom. The SMILES string of the molecule is CC(=O)N[C@H]1C(O)O[C@H](CO)[C@H](O)[C@@H]1O.O=P(O)(O)O. The van der Waals surface area contributed by atoms with Gasteiger partial charge in [0, 0.05) is 6.92 Å². The number of amides is 1. The topological polar surface area (TPSA) is 197 Å². The first-order valence-electron chi connectivity index (χ1n) is 5.33. The summed E-state index contributed by atoms with van der Waals surface area (Å²) in [6.45, 7) is 0.687. The maximum atomic E-state index is 10.7. The number of rotatable bonds is 2. The summed E-state index contributed by atoms with van der Waals surface area (Å²) in [6.07, 6.45) is -5.24. The highest BCUT2D eigenvalue weighted by Gasteiger charge is 2.43. The van der Waals surface area contributed by atoms with E-state index in [0.29, 0.717) is 0 Å². The number of aliphatic hydroxyl groups excluding tert-OH is 4. The maximum absolute atomic E-state index is 10.7. The first-order chi connectivity index (χ1) is 8.97. The summed E-state index contributed by atoms with van der Waals surface area (Å²) in [7, 11) is -4.64. The van der Waals surface area contributed by atoms with Crippen LogP contribution >= 0.6 is 7.82 Å². The van der Waals surface area contributed by atoms with Crippen molar-refractivity contribution in [3.8, 4) is 0 Å². The number of hydrogen-bond acceptors (Lipinski definition) is 7. The van der Waals surface area contributed by atoms with Gasteiger partial charge in [0.05, 0.1) is 6.61 Å². The molecular weight excluding hydrogens is 301 g/mol. The number of ether oxygens (including phenoxy) is 1. The number of carbonyl (C=O) groups is 1. The van der Waals surface area contributed by atoms with Crippen molar-refractivity contribution in [2.24, 2.45) is 0 Å². The van der Waals surface area contributed by atoms with Gasteiger partial charge in [-0.2, -0.15) is 0 Å². The molecule has 1 rings (SSSR count). The van der Waals surface area contributed by atoms with E-state index in [1.807, 2.05) is 0 Å². The largest absolute Gasteiger partial charge is 0.466 e. The number of aliphatic hydroxyl groups is 4. The van der Waals surface area contributed by atoms with Gasteiger partial charge in [0.1, 0.15) is 24.4 Å². The zero-order chi connectivity index (χ0) is 16.1. The lowest BCUT2D eigenvalue weighted by atomic mass is 9.97. The fraction of sp³-hybridized carbons (Fsp3) is 0.875. The van der Waals surface area contributed by atoms with Gasteiger partial charge in [0.2, 0.25) is 5.91 Å². The summed E-state index contributed by atoms with van der Waals surface area (Å²) in [4.78, 5) is 32.3. The Bertz CT molecular complexity index is 351. The molecule has 1 fully saturated rings. The van der Waals surface area contributed by atoms with Crippen LogP contribution in [0.3, 0.4) is 0 Å². The van der Waals surface area contributed by atoms with Crippen LogP contribution in [-0.2, 0) is 14.1 Å². The minimum Gasteiger partial charge on any atom is -0.394 e. The Balaban J connectivity index is 0.000000621. The quantitative estimate of drug-likeness (QED) is 0.232. The van der Waals surface area contributed by atoms with Gasteiger partial charge in [0.25, 0.3) is 0 Å². The van der Waals surface area contributed by atoms with Crippen molar-refractivity contribution >= 4 is 13.7 Å². The zero-order valence-electron chi connectivity index (χ0n) is 10.4. The smallest absolute Gasteiger partial charge is 0.394 e. The fourth-order valence-corrected chi connectivity index (χ4v) is 1.49. The predicted molar refractivity (Wildman–Crippen MR) is 61.8 cm³/mol. The molecule has 0 saturated carbocycles. The highest BCUT2D eigenvalue weighted by molar-refractivity contribution is 7.45. The van der Waals surface area contributed by atoms with Gasteiger partial charge < -0.3 is 45.2 Å². The predicted octanol–water partition coefficient (Wildman–Crippen LogP) is -4.01. The molecule has 0 aromatic rings. The van der Waals surface area contributed by atoms with E-state index in [1.54, 1.807) is 0 Å². The third kappa shape index (κ3) is 7.24. The van der Waals surface area contributed by atoms with Crippen molar-refractivity contribution < 1.29 is 49.2 Å². The van der Waals surface area contributed by atoms with Crippen LogP contribution in [0.1, 0.15) is 6.92 Å². The van der Waals surface area contributed by atoms with Crippen molar-refractivity contribution in [1.82, 2.24) is 5.32 Å². The van der Waals surface area contributed by atoms with E-state index in [2.05, 4.69) is 5.32 Å². The normalized spacial score (nSPS) is 33.9. The lowest BCUT2D eigenvalue weighted by Crippen LogP contribution is -2.63. The number of carbonyl (C=O) groups excluding carboxylic acids is 1. The van der Waals surface area contributed by atoms with E-state index in [1.165, 1.54) is 6.92 Å². The van der Waals surface area contributed by atoms with Crippen LogP contribution in [0.5, 0.6) is 0 Å².